The monoisotopic (exact) mass is 604 g/mol. The first-order chi connectivity index (χ1) is 20.7. The number of ketones is 1. The lowest BCUT2D eigenvalue weighted by Gasteiger charge is -2.24. The van der Waals surface area contributed by atoms with Crippen LogP contribution in [0, 0.1) is 6.92 Å². The third kappa shape index (κ3) is 5.60. The quantitative estimate of drug-likeness (QED) is 0.104. The van der Waals surface area contributed by atoms with Crippen LogP contribution in [0.3, 0.4) is 0 Å². The molecule has 2 aromatic carbocycles. The average molecular weight is 605 g/mol. The van der Waals surface area contributed by atoms with E-state index in [0.717, 1.165) is 16.9 Å². The second-order valence-electron chi connectivity index (χ2n) is 9.99. The minimum atomic E-state index is -1.09. The molecule has 1 fully saturated rings. The summed E-state index contributed by atoms with van der Waals surface area (Å²) in [4.78, 5) is 45.9. The minimum Gasteiger partial charge on any atom is -0.507 e. The number of amides is 1. The van der Waals surface area contributed by atoms with E-state index >= 15 is 0 Å². The molecule has 1 N–H and O–H groups in total. The molecule has 1 saturated heterocycles. The third-order valence-electron chi connectivity index (χ3n) is 7.01. The molecule has 0 radical (unpaired) electrons. The Hall–Kier alpha value is -4.64. The first kappa shape index (κ1) is 29.8. The molecule has 2 aliphatic heterocycles. The highest BCUT2D eigenvalue weighted by Crippen LogP contribution is 2.46. The summed E-state index contributed by atoms with van der Waals surface area (Å²) < 4.78 is 22.5. The van der Waals surface area contributed by atoms with E-state index in [-0.39, 0.29) is 40.7 Å². The van der Waals surface area contributed by atoms with E-state index in [1.54, 1.807) is 56.3 Å². The lowest BCUT2D eigenvalue weighted by Crippen LogP contribution is -2.29. The van der Waals surface area contributed by atoms with Gasteiger partial charge >= 0.3 is 11.9 Å². The molecule has 11 heteroatoms. The van der Waals surface area contributed by atoms with Crippen LogP contribution in [0.2, 0.25) is 0 Å². The normalized spacial score (nSPS) is 18.7. The van der Waals surface area contributed by atoms with Crippen molar-refractivity contribution in [3.05, 3.63) is 81.9 Å². The molecular weight excluding hydrogens is 572 g/mol. The maximum Gasteiger partial charge on any atom is 0.350 e. The van der Waals surface area contributed by atoms with Gasteiger partial charge in [-0.3, -0.25) is 14.5 Å². The molecule has 3 heterocycles. The van der Waals surface area contributed by atoms with Crippen molar-refractivity contribution < 1.29 is 38.4 Å². The number of benzene rings is 2. The molecule has 2 atom stereocenters. The zero-order chi connectivity index (χ0) is 30.8. The number of aliphatic hydroxyl groups excluding tert-OH is 1. The SMILES string of the molecule is C=CCOc1ccc([C@@H]2C(=C(O)c3ccc4c(c3)C[C@H](C)O4)C(=O)C(=O)N2c2nc(C)c(C(=O)OCC)s2)cc1OCC. The van der Waals surface area contributed by atoms with Crippen molar-refractivity contribution in [1.29, 1.82) is 0 Å². The molecule has 0 bridgehead atoms. The topological polar surface area (TPSA) is 124 Å². The summed E-state index contributed by atoms with van der Waals surface area (Å²) in [5.41, 5.74) is 1.97. The smallest absolute Gasteiger partial charge is 0.350 e. The first-order valence-corrected chi connectivity index (χ1v) is 14.8. The second kappa shape index (κ2) is 12.3. The number of thiazole rings is 1. The average Bonchev–Trinajstić information content (AvgIpc) is 3.63. The van der Waals surface area contributed by atoms with Gasteiger partial charge in [0.05, 0.1) is 30.5 Å². The van der Waals surface area contributed by atoms with Crippen LogP contribution in [0.25, 0.3) is 5.76 Å². The number of nitrogens with zero attached hydrogens (tertiary/aromatic N) is 2. The highest BCUT2D eigenvalue weighted by molar-refractivity contribution is 7.17. The van der Waals surface area contributed by atoms with Gasteiger partial charge in [0.1, 0.15) is 29.1 Å². The highest BCUT2D eigenvalue weighted by Gasteiger charge is 2.49. The summed E-state index contributed by atoms with van der Waals surface area (Å²) in [5, 5.41) is 11.8. The molecule has 224 valence electrons. The van der Waals surface area contributed by atoms with Gasteiger partial charge in [-0.1, -0.05) is 30.1 Å². The number of fused-ring (bicyclic) bond motifs is 1. The molecule has 0 unspecified atom stereocenters. The van der Waals surface area contributed by atoms with Gasteiger partial charge < -0.3 is 24.1 Å². The maximum absolute atomic E-state index is 13.7. The van der Waals surface area contributed by atoms with Crippen LogP contribution in [0.4, 0.5) is 5.13 Å². The zero-order valence-corrected chi connectivity index (χ0v) is 25.2. The summed E-state index contributed by atoms with van der Waals surface area (Å²) in [6, 6.07) is 9.12. The van der Waals surface area contributed by atoms with Gasteiger partial charge in [0.25, 0.3) is 5.78 Å². The highest BCUT2D eigenvalue weighted by atomic mass is 32.1. The van der Waals surface area contributed by atoms with Gasteiger partial charge in [-0.2, -0.15) is 0 Å². The predicted molar refractivity (Wildman–Crippen MR) is 161 cm³/mol. The van der Waals surface area contributed by atoms with Gasteiger partial charge in [-0.25, -0.2) is 9.78 Å². The Morgan fingerprint density at radius 1 is 1.16 bits per heavy atom. The van der Waals surface area contributed by atoms with Gasteiger partial charge in [0.2, 0.25) is 0 Å². The number of carbonyl (C=O) groups is 3. The standard InChI is InChI=1S/C32H32N2O8S/c1-6-13-41-23-12-9-19(16-24(23)39-7-2)26-25(27(35)20-10-11-22-21(15-20)14-17(4)42-22)28(36)30(37)34(26)32-33-18(5)29(43-32)31(38)40-8-3/h6,9-12,15-17,26,35H,1,7-8,13-14H2,2-5H3/t17-,26+/m0/s1. The van der Waals surface area contributed by atoms with Crippen LogP contribution in [-0.4, -0.2) is 53.7 Å². The summed E-state index contributed by atoms with van der Waals surface area (Å²) in [6.07, 6.45) is 2.23. The van der Waals surface area contributed by atoms with Gasteiger partial charge in [0, 0.05) is 12.0 Å². The van der Waals surface area contributed by atoms with E-state index in [0.29, 0.717) is 47.1 Å². The second-order valence-corrected chi connectivity index (χ2v) is 11.0. The van der Waals surface area contributed by atoms with Gasteiger partial charge in [0.15, 0.2) is 16.6 Å². The number of anilines is 1. The fraction of sp³-hybridized carbons (Fsp3) is 0.312. The largest absolute Gasteiger partial charge is 0.507 e. The summed E-state index contributed by atoms with van der Waals surface area (Å²) in [6.45, 7) is 11.5. The molecule has 2 aliphatic rings. The van der Waals surface area contributed by atoms with E-state index in [2.05, 4.69) is 11.6 Å². The molecule has 3 aromatic rings. The number of aliphatic hydroxyl groups is 1. The van der Waals surface area contributed by atoms with Crippen LogP contribution in [0.1, 0.15) is 58.9 Å². The van der Waals surface area contributed by atoms with Gasteiger partial charge in [-0.15, -0.1) is 0 Å². The molecule has 1 amide bonds. The first-order valence-electron chi connectivity index (χ1n) is 13.9. The van der Waals surface area contributed by atoms with Gasteiger partial charge in [-0.05, 0) is 69.2 Å². The van der Waals surface area contributed by atoms with E-state index in [4.69, 9.17) is 18.9 Å². The van der Waals surface area contributed by atoms with E-state index in [1.807, 2.05) is 13.8 Å². The van der Waals surface area contributed by atoms with Crippen LogP contribution in [0.15, 0.2) is 54.6 Å². The maximum atomic E-state index is 13.7. The third-order valence-corrected chi connectivity index (χ3v) is 8.14. The predicted octanol–water partition coefficient (Wildman–Crippen LogP) is 5.54. The molecule has 0 spiro atoms. The Bertz CT molecular complexity index is 1640. The molecule has 0 aliphatic carbocycles. The minimum absolute atomic E-state index is 0.0153. The van der Waals surface area contributed by atoms with Crippen LogP contribution >= 0.6 is 11.3 Å². The summed E-state index contributed by atoms with van der Waals surface area (Å²) >= 11 is 0.943. The van der Waals surface area contributed by atoms with Crippen molar-refractivity contribution in [2.75, 3.05) is 24.7 Å². The molecule has 0 saturated carbocycles. The number of carbonyl (C=O) groups excluding carboxylic acids is 3. The van der Waals surface area contributed by atoms with Crippen molar-refractivity contribution >= 4 is 39.9 Å². The summed E-state index contributed by atoms with van der Waals surface area (Å²) in [7, 11) is 0. The Balaban J connectivity index is 1.69. The Morgan fingerprint density at radius 3 is 2.67 bits per heavy atom. The lowest BCUT2D eigenvalue weighted by molar-refractivity contribution is -0.132. The van der Waals surface area contributed by atoms with E-state index in [1.165, 1.54) is 4.90 Å². The fourth-order valence-corrected chi connectivity index (χ4v) is 6.16. The number of aryl methyl sites for hydroxylation is 1. The van der Waals surface area contributed by atoms with E-state index in [9.17, 15) is 19.5 Å². The molecule has 43 heavy (non-hydrogen) atoms. The van der Waals surface area contributed by atoms with Crippen molar-refractivity contribution in [3.63, 3.8) is 0 Å². The number of hydrogen-bond acceptors (Lipinski definition) is 10. The molecule has 5 rings (SSSR count). The van der Waals surface area contributed by atoms with Crippen molar-refractivity contribution in [1.82, 2.24) is 4.98 Å². The van der Waals surface area contributed by atoms with Crippen LogP contribution < -0.4 is 19.1 Å². The lowest BCUT2D eigenvalue weighted by atomic mass is 9.94. The van der Waals surface area contributed by atoms with E-state index < -0.39 is 23.7 Å². The number of ether oxygens (including phenoxy) is 4. The van der Waals surface area contributed by atoms with Crippen LogP contribution in [0.5, 0.6) is 17.2 Å². The fourth-order valence-electron chi connectivity index (χ4n) is 5.17. The molecule has 10 nitrogen and oxygen atoms in total. The number of Topliss-reactive ketones (excluding diaryl/α,β-unsaturated/α-hetero) is 1. The van der Waals surface area contributed by atoms with Crippen molar-refractivity contribution in [2.45, 2.75) is 46.3 Å². The van der Waals surface area contributed by atoms with Crippen molar-refractivity contribution in [2.24, 2.45) is 0 Å². The number of hydrogen-bond donors (Lipinski definition) is 1. The van der Waals surface area contributed by atoms with Crippen LogP contribution in [-0.2, 0) is 20.7 Å². The Kier molecular flexibility index (Phi) is 8.54. The zero-order valence-electron chi connectivity index (χ0n) is 24.3. The molecular formula is C32H32N2O8S. The number of esters is 1. The number of aromatic nitrogens is 1. The Labute approximate surface area is 253 Å². The number of rotatable bonds is 10. The van der Waals surface area contributed by atoms with Crippen molar-refractivity contribution in [3.8, 4) is 17.2 Å². The summed E-state index contributed by atoms with van der Waals surface area (Å²) in [5.74, 6) is -1.14. The Morgan fingerprint density at radius 2 is 1.95 bits per heavy atom. The molecule has 1 aromatic heterocycles.